The summed E-state index contributed by atoms with van der Waals surface area (Å²) in [5.41, 5.74) is 2.05. The van der Waals surface area contributed by atoms with Gasteiger partial charge in [-0.1, -0.05) is 42.3 Å². The summed E-state index contributed by atoms with van der Waals surface area (Å²) in [5, 5.41) is 4.69. The highest BCUT2D eigenvalue weighted by atomic mass is 35.5. The van der Waals surface area contributed by atoms with E-state index in [1.54, 1.807) is 12.1 Å². The van der Waals surface area contributed by atoms with Gasteiger partial charge in [-0.25, -0.2) is 0 Å². The molecule has 3 nitrogen and oxygen atoms in total. The van der Waals surface area contributed by atoms with Gasteiger partial charge >= 0.3 is 0 Å². The zero-order chi connectivity index (χ0) is 18.2. The van der Waals surface area contributed by atoms with Crippen LogP contribution in [0.1, 0.15) is 38.3 Å². The van der Waals surface area contributed by atoms with Gasteiger partial charge in [0.25, 0.3) is 0 Å². The van der Waals surface area contributed by atoms with Gasteiger partial charge in [0.15, 0.2) is 11.5 Å². The second-order valence-electron chi connectivity index (χ2n) is 5.93. The molecule has 136 valence electrons. The van der Waals surface area contributed by atoms with E-state index >= 15 is 0 Å². The molecule has 0 radical (unpaired) electrons. The van der Waals surface area contributed by atoms with E-state index in [1.165, 1.54) is 5.56 Å². The highest BCUT2D eigenvalue weighted by Gasteiger charge is 2.09. The fourth-order valence-corrected chi connectivity index (χ4v) is 2.74. The van der Waals surface area contributed by atoms with Crippen LogP contribution in [0.2, 0.25) is 10.0 Å². The number of hydrogen-bond acceptors (Lipinski definition) is 3. The monoisotopic (exact) mass is 381 g/mol. The zero-order valence-corrected chi connectivity index (χ0v) is 16.5. The summed E-state index contributed by atoms with van der Waals surface area (Å²) in [6.07, 6.45) is 1.10. The summed E-state index contributed by atoms with van der Waals surface area (Å²) >= 11 is 12.1. The second kappa shape index (κ2) is 9.91. The van der Waals surface area contributed by atoms with Crippen LogP contribution in [0.15, 0.2) is 36.4 Å². The van der Waals surface area contributed by atoms with Crippen molar-refractivity contribution in [2.45, 2.75) is 46.4 Å². The number of ether oxygens (including phenoxy) is 2. The van der Waals surface area contributed by atoms with Gasteiger partial charge in [0.1, 0.15) is 6.61 Å². The van der Waals surface area contributed by atoms with E-state index in [0.717, 1.165) is 24.3 Å². The Hall–Kier alpha value is -1.42. The lowest BCUT2D eigenvalue weighted by Crippen LogP contribution is -2.24. The van der Waals surface area contributed by atoms with Crippen LogP contribution in [0, 0.1) is 0 Å². The Balaban J connectivity index is 2.08. The van der Waals surface area contributed by atoms with E-state index in [1.807, 2.05) is 25.1 Å². The number of halogens is 2. The van der Waals surface area contributed by atoms with Crippen molar-refractivity contribution in [1.82, 2.24) is 5.32 Å². The molecule has 1 unspecified atom stereocenters. The SMILES string of the molecule is CCOc1cc(CNC(C)CC)ccc1OCc1ccc(Cl)cc1Cl. The van der Waals surface area contributed by atoms with Crippen LogP contribution >= 0.6 is 23.2 Å². The van der Waals surface area contributed by atoms with Crippen LogP contribution in [0.5, 0.6) is 11.5 Å². The third-order valence-corrected chi connectivity index (χ3v) is 4.56. The van der Waals surface area contributed by atoms with E-state index < -0.39 is 0 Å². The molecule has 2 aromatic carbocycles. The van der Waals surface area contributed by atoms with Gasteiger partial charge in [-0.3, -0.25) is 0 Å². The summed E-state index contributed by atoms with van der Waals surface area (Å²) in [5.74, 6) is 1.45. The Bertz CT molecular complexity index is 691. The third-order valence-electron chi connectivity index (χ3n) is 3.97. The van der Waals surface area contributed by atoms with Crippen LogP contribution in [-0.2, 0) is 13.2 Å². The highest BCUT2D eigenvalue weighted by molar-refractivity contribution is 6.35. The van der Waals surface area contributed by atoms with Gasteiger partial charge in [0.05, 0.1) is 6.61 Å². The van der Waals surface area contributed by atoms with Crippen molar-refractivity contribution in [3.8, 4) is 11.5 Å². The van der Waals surface area contributed by atoms with Crippen molar-refractivity contribution in [3.05, 3.63) is 57.6 Å². The molecule has 5 heteroatoms. The second-order valence-corrected chi connectivity index (χ2v) is 6.77. The van der Waals surface area contributed by atoms with Crippen LogP contribution in [0.4, 0.5) is 0 Å². The molecule has 0 saturated heterocycles. The molecule has 0 aliphatic rings. The highest BCUT2D eigenvalue weighted by Crippen LogP contribution is 2.30. The van der Waals surface area contributed by atoms with Crippen molar-refractivity contribution in [2.24, 2.45) is 0 Å². The topological polar surface area (TPSA) is 30.5 Å². The molecule has 25 heavy (non-hydrogen) atoms. The quantitative estimate of drug-likeness (QED) is 0.589. The van der Waals surface area contributed by atoms with E-state index in [0.29, 0.717) is 35.1 Å². The predicted molar refractivity (Wildman–Crippen MR) is 105 cm³/mol. The molecule has 0 saturated carbocycles. The molecule has 0 aromatic heterocycles. The molecule has 0 spiro atoms. The molecular weight excluding hydrogens is 357 g/mol. The van der Waals surface area contributed by atoms with Gasteiger partial charge < -0.3 is 14.8 Å². The minimum absolute atomic E-state index is 0.362. The minimum Gasteiger partial charge on any atom is -0.490 e. The maximum absolute atomic E-state index is 6.20. The van der Waals surface area contributed by atoms with E-state index in [-0.39, 0.29) is 0 Å². The van der Waals surface area contributed by atoms with Crippen molar-refractivity contribution in [1.29, 1.82) is 0 Å². The maximum Gasteiger partial charge on any atom is 0.161 e. The minimum atomic E-state index is 0.362. The van der Waals surface area contributed by atoms with Crippen LogP contribution in [-0.4, -0.2) is 12.6 Å². The Labute approximate surface area is 160 Å². The predicted octanol–water partition coefficient (Wildman–Crippen LogP) is 5.86. The Morgan fingerprint density at radius 3 is 2.48 bits per heavy atom. The number of hydrogen-bond donors (Lipinski definition) is 1. The summed E-state index contributed by atoms with van der Waals surface area (Å²) < 4.78 is 11.7. The molecule has 0 fully saturated rings. The fourth-order valence-electron chi connectivity index (χ4n) is 2.28. The first-order valence-electron chi connectivity index (χ1n) is 8.59. The Kier molecular flexibility index (Phi) is 7.89. The molecule has 0 aliphatic carbocycles. The zero-order valence-electron chi connectivity index (χ0n) is 14.9. The molecule has 2 rings (SSSR count). The first kappa shape index (κ1) is 19.9. The van der Waals surface area contributed by atoms with Crippen LogP contribution in [0.25, 0.3) is 0 Å². The maximum atomic E-state index is 6.20. The molecule has 2 aromatic rings. The summed E-state index contributed by atoms with van der Waals surface area (Å²) in [4.78, 5) is 0. The normalized spacial score (nSPS) is 12.0. The van der Waals surface area contributed by atoms with Crippen LogP contribution < -0.4 is 14.8 Å². The van der Waals surface area contributed by atoms with Gasteiger partial charge in [-0.2, -0.15) is 0 Å². The van der Waals surface area contributed by atoms with Gasteiger partial charge in [-0.15, -0.1) is 0 Å². The summed E-state index contributed by atoms with van der Waals surface area (Å²) in [6.45, 7) is 8.06. The number of nitrogens with one attached hydrogen (secondary N) is 1. The lowest BCUT2D eigenvalue weighted by molar-refractivity contribution is 0.269. The lowest BCUT2D eigenvalue weighted by atomic mass is 10.1. The molecule has 1 atom stereocenters. The lowest BCUT2D eigenvalue weighted by Gasteiger charge is -2.15. The first-order chi connectivity index (χ1) is 12.0. The largest absolute Gasteiger partial charge is 0.490 e. The smallest absolute Gasteiger partial charge is 0.161 e. The van der Waals surface area contributed by atoms with Crippen molar-refractivity contribution in [2.75, 3.05) is 6.61 Å². The van der Waals surface area contributed by atoms with Crippen molar-refractivity contribution >= 4 is 23.2 Å². The molecule has 0 bridgehead atoms. The molecule has 0 amide bonds. The number of rotatable bonds is 9. The van der Waals surface area contributed by atoms with Crippen molar-refractivity contribution in [3.63, 3.8) is 0 Å². The van der Waals surface area contributed by atoms with Gasteiger partial charge in [-0.05, 0) is 50.1 Å². The summed E-state index contributed by atoms with van der Waals surface area (Å²) in [7, 11) is 0. The molecule has 1 N–H and O–H groups in total. The third kappa shape index (κ3) is 6.10. The van der Waals surface area contributed by atoms with E-state index in [9.17, 15) is 0 Å². The summed E-state index contributed by atoms with van der Waals surface area (Å²) in [6, 6.07) is 11.9. The number of benzene rings is 2. The van der Waals surface area contributed by atoms with Gasteiger partial charge in [0.2, 0.25) is 0 Å². The van der Waals surface area contributed by atoms with Crippen LogP contribution in [0.3, 0.4) is 0 Å². The fraction of sp³-hybridized carbons (Fsp3) is 0.400. The Morgan fingerprint density at radius 2 is 1.80 bits per heavy atom. The molecule has 0 aliphatic heterocycles. The Morgan fingerprint density at radius 1 is 1.00 bits per heavy atom. The van der Waals surface area contributed by atoms with E-state index in [2.05, 4.69) is 25.2 Å². The standard InChI is InChI=1S/C20H25Cl2NO2/c1-4-14(3)23-12-15-6-9-19(20(10-15)24-5-2)25-13-16-7-8-17(21)11-18(16)22/h6-11,14,23H,4-5,12-13H2,1-3H3. The van der Waals surface area contributed by atoms with Gasteiger partial charge in [0, 0.05) is 28.2 Å². The molecule has 0 heterocycles. The molecular formula is C20H25Cl2NO2. The first-order valence-corrected chi connectivity index (χ1v) is 9.34. The average molecular weight is 382 g/mol. The average Bonchev–Trinajstić information content (AvgIpc) is 2.60. The van der Waals surface area contributed by atoms with E-state index in [4.69, 9.17) is 32.7 Å². The van der Waals surface area contributed by atoms with Crippen molar-refractivity contribution < 1.29 is 9.47 Å².